The molecule has 0 aliphatic carbocycles. The van der Waals surface area contributed by atoms with Crippen molar-refractivity contribution in [2.75, 3.05) is 0 Å². The number of ether oxygens (including phenoxy) is 1. The standard InChI is InChI=1S/C21H20N2O6S/c1-23-16(20(22)30(27,28)15-10-6-3-7-11-15)12-17(24)19(18(23)21(25)26)29-13-14-8-4-2-5-9-14/h2-12,20H,13,22H2,1H3,(H,25,26). The summed E-state index contributed by atoms with van der Waals surface area (Å²) in [5, 5.41) is 8.02. The lowest BCUT2D eigenvalue weighted by Crippen LogP contribution is -2.30. The Morgan fingerprint density at radius 1 is 1.10 bits per heavy atom. The van der Waals surface area contributed by atoms with Crippen LogP contribution in [0.2, 0.25) is 0 Å². The molecular weight excluding hydrogens is 408 g/mol. The summed E-state index contributed by atoms with van der Waals surface area (Å²) >= 11 is 0. The molecule has 0 fully saturated rings. The predicted molar refractivity (Wildman–Crippen MR) is 110 cm³/mol. The van der Waals surface area contributed by atoms with Gasteiger partial charge in [0, 0.05) is 13.1 Å². The van der Waals surface area contributed by atoms with Gasteiger partial charge in [-0.05, 0) is 17.7 Å². The van der Waals surface area contributed by atoms with E-state index in [1.165, 1.54) is 19.2 Å². The summed E-state index contributed by atoms with van der Waals surface area (Å²) in [5.41, 5.74) is 5.31. The first-order valence-corrected chi connectivity index (χ1v) is 10.5. The number of carbonyl (C=O) groups is 1. The van der Waals surface area contributed by atoms with Crippen LogP contribution in [-0.4, -0.2) is 24.1 Å². The van der Waals surface area contributed by atoms with Crippen LogP contribution >= 0.6 is 0 Å². The number of carboxylic acid groups (broad SMARTS) is 1. The van der Waals surface area contributed by atoms with Crippen molar-refractivity contribution in [1.29, 1.82) is 0 Å². The number of benzene rings is 2. The highest BCUT2D eigenvalue weighted by molar-refractivity contribution is 7.91. The number of hydrogen-bond donors (Lipinski definition) is 2. The van der Waals surface area contributed by atoms with Gasteiger partial charge >= 0.3 is 5.97 Å². The van der Waals surface area contributed by atoms with E-state index in [1.807, 2.05) is 6.07 Å². The van der Waals surface area contributed by atoms with E-state index in [9.17, 15) is 23.1 Å². The molecule has 1 atom stereocenters. The number of hydrogen-bond acceptors (Lipinski definition) is 6. The largest absolute Gasteiger partial charge is 0.482 e. The van der Waals surface area contributed by atoms with Gasteiger partial charge in [-0.15, -0.1) is 0 Å². The Labute approximate surface area is 173 Å². The smallest absolute Gasteiger partial charge is 0.356 e. The van der Waals surface area contributed by atoms with E-state index in [0.717, 1.165) is 16.2 Å². The van der Waals surface area contributed by atoms with E-state index in [2.05, 4.69) is 0 Å². The zero-order valence-electron chi connectivity index (χ0n) is 16.1. The fourth-order valence-corrected chi connectivity index (χ4v) is 4.37. The molecule has 0 saturated carbocycles. The lowest BCUT2D eigenvalue weighted by Gasteiger charge is -2.20. The summed E-state index contributed by atoms with van der Waals surface area (Å²) in [6.07, 6.45) is 0. The van der Waals surface area contributed by atoms with Gasteiger partial charge in [0.25, 0.3) is 0 Å². The third-order valence-corrected chi connectivity index (χ3v) is 6.41. The number of carboxylic acids is 1. The number of nitrogens with two attached hydrogens (primary N) is 1. The normalized spacial score (nSPS) is 12.3. The van der Waals surface area contributed by atoms with Crippen LogP contribution in [0.5, 0.6) is 5.75 Å². The second kappa shape index (κ2) is 8.52. The minimum Gasteiger partial charge on any atom is -0.482 e. The van der Waals surface area contributed by atoms with Gasteiger partial charge in [-0.25, -0.2) is 13.2 Å². The average molecular weight is 428 g/mol. The zero-order valence-corrected chi connectivity index (χ0v) is 16.9. The van der Waals surface area contributed by atoms with Crippen molar-refractivity contribution < 1.29 is 23.1 Å². The van der Waals surface area contributed by atoms with Crippen LogP contribution in [0.4, 0.5) is 0 Å². The first-order chi connectivity index (χ1) is 14.2. The van der Waals surface area contributed by atoms with Crippen molar-refractivity contribution in [2.45, 2.75) is 16.9 Å². The third kappa shape index (κ3) is 4.12. The fraction of sp³-hybridized carbons (Fsp3) is 0.143. The van der Waals surface area contributed by atoms with Crippen molar-refractivity contribution >= 4 is 15.8 Å². The fourth-order valence-electron chi connectivity index (χ4n) is 2.99. The molecule has 1 unspecified atom stereocenters. The number of aromatic nitrogens is 1. The maximum absolute atomic E-state index is 12.9. The molecule has 0 amide bonds. The van der Waals surface area contributed by atoms with Gasteiger partial charge < -0.3 is 20.1 Å². The Hall–Kier alpha value is -3.43. The van der Waals surface area contributed by atoms with Crippen LogP contribution in [0.15, 0.2) is 76.4 Å². The van der Waals surface area contributed by atoms with Gasteiger partial charge in [0.15, 0.2) is 26.7 Å². The Bertz CT molecular complexity index is 1220. The minimum absolute atomic E-state index is 0.0237. The van der Waals surface area contributed by atoms with E-state index < -0.39 is 32.3 Å². The molecule has 0 spiro atoms. The van der Waals surface area contributed by atoms with Crippen molar-refractivity contribution in [3.05, 3.63) is 93.9 Å². The van der Waals surface area contributed by atoms with E-state index in [-0.39, 0.29) is 22.9 Å². The van der Waals surface area contributed by atoms with Crippen LogP contribution in [0.25, 0.3) is 0 Å². The van der Waals surface area contributed by atoms with Gasteiger partial charge in [-0.2, -0.15) is 0 Å². The molecule has 0 aliphatic rings. The molecule has 3 aromatic rings. The number of rotatable bonds is 7. The maximum Gasteiger partial charge on any atom is 0.356 e. The molecule has 3 rings (SSSR count). The minimum atomic E-state index is -4.06. The summed E-state index contributed by atoms with van der Waals surface area (Å²) in [6.45, 7) is -0.0237. The molecule has 0 aliphatic heterocycles. The molecular formula is C21H20N2O6S. The van der Waals surface area contributed by atoms with Crippen LogP contribution in [0.3, 0.4) is 0 Å². The predicted octanol–water partition coefficient (Wildman–Crippen LogP) is 2.09. The highest BCUT2D eigenvalue weighted by atomic mass is 32.2. The van der Waals surface area contributed by atoms with Gasteiger partial charge in [0.05, 0.1) is 10.6 Å². The van der Waals surface area contributed by atoms with Gasteiger partial charge in [-0.3, -0.25) is 4.79 Å². The Morgan fingerprint density at radius 3 is 2.23 bits per heavy atom. The molecule has 8 nitrogen and oxygen atoms in total. The Morgan fingerprint density at radius 2 is 1.67 bits per heavy atom. The monoisotopic (exact) mass is 428 g/mol. The van der Waals surface area contributed by atoms with Crippen molar-refractivity contribution in [3.8, 4) is 5.75 Å². The molecule has 156 valence electrons. The summed E-state index contributed by atoms with van der Waals surface area (Å²) in [5.74, 6) is -1.83. The van der Waals surface area contributed by atoms with Gasteiger partial charge in [0.2, 0.25) is 5.43 Å². The first kappa shape index (κ1) is 21.3. The molecule has 9 heteroatoms. The van der Waals surface area contributed by atoms with Crippen LogP contribution in [0, 0.1) is 0 Å². The summed E-state index contributed by atoms with van der Waals surface area (Å²) < 4.78 is 32.3. The second-order valence-electron chi connectivity index (χ2n) is 6.53. The molecule has 0 saturated heterocycles. The summed E-state index contributed by atoms with van der Waals surface area (Å²) in [4.78, 5) is 24.5. The average Bonchev–Trinajstić information content (AvgIpc) is 2.74. The Balaban J connectivity index is 2.05. The lowest BCUT2D eigenvalue weighted by atomic mass is 10.2. The van der Waals surface area contributed by atoms with Crippen molar-refractivity contribution in [2.24, 2.45) is 12.8 Å². The number of aromatic carboxylic acids is 1. The Kier molecular flexibility index (Phi) is 6.04. The van der Waals surface area contributed by atoms with E-state index in [0.29, 0.717) is 0 Å². The van der Waals surface area contributed by atoms with E-state index >= 15 is 0 Å². The number of sulfone groups is 1. The quantitative estimate of drug-likeness (QED) is 0.589. The lowest BCUT2D eigenvalue weighted by molar-refractivity contribution is 0.0678. The van der Waals surface area contributed by atoms with Crippen molar-refractivity contribution in [1.82, 2.24) is 4.57 Å². The first-order valence-electron chi connectivity index (χ1n) is 8.92. The molecule has 0 bridgehead atoms. The summed E-state index contributed by atoms with van der Waals surface area (Å²) in [7, 11) is -2.73. The molecule has 1 heterocycles. The van der Waals surface area contributed by atoms with Gasteiger partial charge in [-0.1, -0.05) is 48.5 Å². The zero-order chi connectivity index (χ0) is 21.9. The SMILES string of the molecule is Cn1c(C(N)S(=O)(=O)c2ccccc2)cc(=O)c(OCc2ccccc2)c1C(=O)O. The number of nitrogens with zero attached hydrogens (tertiary/aromatic N) is 1. The molecule has 0 radical (unpaired) electrons. The molecule has 2 aromatic carbocycles. The van der Waals surface area contributed by atoms with Crippen molar-refractivity contribution in [3.63, 3.8) is 0 Å². The van der Waals surface area contributed by atoms with Crippen LogP contribution < -0.4 is 15.9 Å². The molecule has 3 N–H and O–H groups in total. The number of pyridine rings is 1. The van der Waals surface area contributed by atoms with E-state index in [4.69, 9.17) is 10.5 Å². The third-order valence-electron chi connectivity index (χ3n) is 4.57. The van der Waals surface area contributed by atoms with Crippen LogP contribution in [-0.2, 0) is 23.5 Å². The molecule has 30 heavy (non-hydrogen) atoms. The second-order valence-corrected chi connectivity index (χ2v) is 8.60. The highest BCUT2D eigenvalue weighted by Crippen LogP contribution is 2.26. The summed E-state index contributed by atoms with van der Waals surface area (Å²) in [6, 6.07) is 17.4. The topological polar surface area (TPSA) is 129 Å². The molecule has 1 aromatic heterocycles. The highest BCUT2D eigenvalue weighted by Gasteiger charge is 2.31. The maximum atomic E-state index is 12.9. The van der Waals surface area contributed by atoms with Gasteiger partial charge in [0.1, 0.15) is 6.61 Å². The van der Waals surface area contributed by atoms with E-state index in [1.54, 1.807) is 42.5 Å². The van der Waals surface area contributed by atoms with Crippen LogP contribution in [0.1, 0.15) is 27.1 Å².